The van der Waals surface area contributed by atoms with E-state index in [4.69, 9.17) is 0 Å². The minimum Gasteiger partial charge on any atom is -0.294 e. The third kappa shape index (κ3) is 3.48. The summed E-state index contributed by atoms with van der Waals surface area (Å²) in [4.78, 5) is 12.0. The van der Waals surface area contributed by atoms with E-state index in [2.05, 4.69) is 31.9 Å². The Labute approximate surface area is 125 Å². The monoisotopic (exact) mass is 388 g/mol. The molecule has 0 aliphatic carbocycles. The molecule has 0 fully saturated rings. The third-order valence-electron chi connectivity index (χ3n) is 2.59. The molecule has 0 saturated carbocycles. The standard InChI is InChI=1S/C14H8Br2F2O/c15-10-5-8(1-3-12(10)17)6-14(19)9-2-4-13(18)11(16)7-9/h1-5,7H,6H2. The van der Waals surface area contributed by atoms with E-state index in [9.17, 15) is 13.6 Å². The molecule has 0 aromatic heterocycles. The van der Waals surface area contributed by atoms with Gasteiger partial charge in [0.05, 0.1) is 8.95 Å². The Balaban J connectivity index is 2.20. The van der Waals surface area contributed by atoms with Crippen molar-refractivity contribution in [3.05, 3.63) is 68.1 Å². The fourth-order valence-corrected chi connectivity index (χ4v) is 2.41. The lowest BCUT2D eigenvalue weighted by Gasteiger charge is -2.04. The van der Waals surface area contributed by atoms with Gasteiger partial charge in [-0.05, 0) is 67.8 Å². The summed E-state index contributed by atoms with van der Waals surface area (Å²) < 4.78 is 26.7. The highest BCUT2D eigenvalue weighted by molar-refractivity contribution is 9.10. The van der Waals surface area contributed by atoms with Crippen molar-refractivity contribution >= 4 is 37.6 Å². The number of halogens is 4. The van der Waals surface area contributed by atoms with Crippen molar-refractivity contribution in [3.63, 3.8) is 0 Å². The normalized spacial score (nSPS) is 10.5. The molecule has 0 heterocycles. The van der Waals surface area contributed by atoms with E-state index < -0.39 is 5.82 Å². The van der Waals surface area contributed by atoms with Gasteiger partial charge in [0.15, 0.2) is 5.78 Å². The molecule has 19 heavy (non-hydrogen) atoms. The summed E-state index contributed by atoms with van der Waals surface area (Å²) in [6.07, 6.45) is 0.136. The van der Waals surface area contributed by atoms with Crippen LogP contribution in [-0.2, 0) is 6.42 Å². The van der Waals surface area contributed by atoms with E-state index in [-0.39, 0.29) is 22.5 Å². The molecule has 0 unspecified atom stereocenters. The van der Waals surface area contributed by atoms with Gasteiger partial charge in [0.1, 0.15) is 11.6 Å². The number of hydrogen-bond donors (Lipinski definition) is 0. The zero-order chi connectivity index (χ0) is 14.0. The molecule has 0 atom stereocenters. The van der Waals surface area contributed by atoms with Gasteiger partial charge >= 0.3 is 0 Å². The average Bonchev–Trinajstić information content (AvgIpc) is 2.37. The van der Waals surface area contributed by atoms with Crippen LogP contribution in [0.15, 0.2) is 45.3 Å². The van der Waals surface area contributed by atoms with Crippen LogP contribution < -0.4 is 0 Å². The number of ketones is 1. The lowest BCUT2D eigenvalue weighted by atomic mass is 10.0. The van der Waals surface area contributed by atoms with E-state index in [1.54, 1.807) is 12.1 Å². The molecule has 0 N–H and O–H groups in total. The fraction of sp³-hybridized carbons (Fsp3) is 0.0714. The van der Waals surface area contributed by atoms with Gasteiger partial charge in [0.2, 0.25) is 0 Å². The van der Waals surface area contributed by atoms with Gasteiger partial charge in [-0.25, -0.2) is 8.78 Å². The Bertz CT molecular complexity index is 641. The Morgan fingerprint density at radius 2 is 1.53 bits per heavy atom. The van der Waals surface area contributed by atoms with Crippen LogP contribution in [0.5, 0.6) is 0 Å². The maximum Gasteiger partial charge on any atom is 0.167 e. The van der Waals surface area contributed by atoms with Crippen LogP contribution in [0.1, 0.15) is 15.9 Å². The van der Waals surface area contributed by atoms with Gasteiger partial charge in [-0.2, -0.15) is 0 Å². The minimum absolute atomic E-state index is 0.136. The molecule has 0 bridgehead atoms. The quantitative estimate of drug-likeness (QED) is 0.681. The second-order valence-corrected chi connectivity index (χ2v) is 5.69. The highest BCUT2D eigenvalue weighted by atomic mass is 79.9. The minimum atomic E-state index is -0.416. The first-order valence-corrected chi connectivity index (χ1v) is 6.98. The molecule has 2 rings (SSSR count). The molecule has 1 nitrogen and oxygen atoms in total. The molecule has 0 amide bonds. The number of rotatable bonds is 3. The lowest BCUT2D eigenvalue weighted by molar-refractivity contribution is 0.0993. The van der Waals surface area contributed by atoms with Crippen LogP contribution in [0, 0.1) is 11.6 Å². The zero-order valence-corrected chi connectivity index (χ0v) is 12.8. The third-order valence-corrected chi connectivity index (χ3v) is 3.81. The van der Waals surface area contributed by atoms with Crippen molar-refractivity contribution in [2.75, 3.05) is 0 Å². The number of carbonyl (C=O) groups excluding carboxylic acids is 1. The summed E-state index contributed by atoms with van der Waals surface area (Å²) >= 11 is 6.11. The molecule has 0 saturated heterocycles. The van der Waals surface area contributed by atoms with Crippen LogP contribution >= 0.6 is 31.9 Å². The Morgan fingerprint density at radius 3 is 2.11 bits per heavy atom. The molecule has 0 aliphatic rings. The second-order valence-electron chi connectivity index (χ2n) is 3.98. The molecule has 5 heteroatoms. The Morgan fingerprint density at radius 1 is 0.947 bits per heavy atom. The Kier molecular flexibility index (Phi) is 4.47. The number of Topliss-reactive ketones (excluding diaryl/α,β-unsaturated/α-hetero) is 1. The molecular formula is C14H8Br2F2O. The van der Waals surface area contributed by atoms with Crippen LogP contribution in [0.3, 0.4) is 0 Å². The summed E-state index contributed by atoms with van der Waals surface area (Å²) in [6, 6.07) is 8.52. The van der Waals surface area contributed by atoms with E-state index in [1.807, 2.05) is 0 Å². The van der Waals surface area contributed by atoms with Gasteiger partial charge in [-0.15, -0.1) is 0 Å². The van der Waals surface area contributed by atoms with Crippen molar-refractivity contribution in [1.29, 1.82) is 0 Å². The molecule has 0 spiro atoms. The smallest absolute Gasteiger partial charge is 0.167 e. The highest BCUT2D eigenvalue weighted by Crippen LogP contribution is 2.20. The number of carbonyl (C=O) groups is 1. The molecular weight excluding hydrogens is 382 g/mol. The molecule has 98 valence electrons. The predicted molar refractivity (Wildman–Crippen MR) is 76.2 cm³/mol. The summed E-state index contributed by atoms with van der Waals surface area (Å²) in [5, 5.41) is 0. The van der Waals surface area contributed by atoms with Gasteiger partial charge in [-0.1, -0.05) is 6.07 Å². The Hall–Kier alpha value is -1.07. The maximum absolute atomic E-state index is 13.1. The van der Waals surface area contributed by atoms with E-state index in [0.29, 0.717) is 15.6 Å². The van der Waals surface area contributed by atoms with Crippen LogP contribution in [0.4, 0.5) is 8.78 Å². The predicted octanol–water partition coefficient (Wildman–Crippen LogP) is 4.92. The zero-order valence-electron chi connectivity index (χ0n) is 9.59. The fourth-order valence-electron chi connectivity index (χ4n) is 1.61. The van der Waals surface area contributed by atoms with Crippen molar-refractivity contribution in [3.8, 4) is 0 Å². The first kappa shape index (κ1) is 14.3. The van der Waals surface area contributed by atoms with Gasteiger partial charge in [0.25, 0.3) is 0 Å². The number of benzene rings is 2. The molecule has 2 aromatic carbocycles. The topological polar surface area (TPSA) is 17.1 Å². The van der Waals surface area contributed by atoms with Crippen molar-refractivity contribution in [2.24, 2.45) is 0 Å². The largest absolute Gasteiger partial charge is 0.294 e. The first-order valence-electron chi connectivity index (χ1n) is 5.39. The summed E-state index contributed by atoms with van der Waals surface area (Å²) in [6.45, 7) is 0. The van der Waals surface area contributed by atoms with Crippen LogP contribution in [-0.4, -0.2) is 5.78 Å². The summed E-state index contributed by atoms with van der Waals surface area (Å²) in [7, 11) is 0. The molecule has 0 radical (unpaired) electrons. The van der Waals surface area contributed by atoms with E-state index in [1.165, 1.54) is 24.3 Å². The van der Waals surface area contributed by atoms with Crippen molar-refractivity contribution in [2.45, 2.75) is 6.42 Å². The van der Waals surface area contributed by atoms with Gasteiger partial charge in [-0.3, -0.25) is 4.79 Å². The second kappa shape index (κ2) is 5.92. The average molecular weight is 390 g/mol. The summed E-state index contributed by atoms with van der Waals surface area (Å²) in [5.74, 6) is -0.944. The van der Waals surface area contributed by atoms with E-state index >= 15 is 0 Å². The maximum atomic E-state index is 13.1. The van der Waals surface area contributed by atoms with E-state index in [0.717, 1.165) is 0 Å². The lowest BCUT2D eigenvalue weighted by Crippen LogP contribution is -2.04. The molecule has 2 aromatic rings. The van der Waals surface area contributed by atoms with Crippen molar-refractivity contribution < 1.29 is 13.6 Å². The summed E-state index contributed by atoms with van der Waals surface area (Å²) in [5.41, 5.74) is 1.10. The number of hydrogen-bond acceptors (Lipinski definition) is 1. The van der Waals surface area contributed by atoms with Gasteiger partial charge in [0, 0.05) is 12.0 Å². The molecule has 0 aliphatic heterocycles. The van der Waals surface area contributed by atoms with Crippen LogP contribution in [0.2, 0.25) is 0 Å². The highest BCUT2D eigenvalue weighted by Gasteiger charge is 2.10. The van der Waals surface area contributed by atoms with Crippen LogP contribution in [0.25, 0.3) is 0 Å². The van der Waals surface area contributed by atoms with Gasteiger partial charge < -0.3 is 0 Å². The first-order chi connectivity index (χ1) is 8.97. The SMILES string of the molecule is O=C(Cc1ccc(F)c(Br)c1)c1ccc(F)c(Br)c1. The van der Waals surface area contributed by atoms with Crippen molar-refractivity contribution in [1.82, 2.24) is 0 Å².